The number of nitrogens with one attached hydrogen (secondary N) is 1. The number of para-hydroxylation sites is 2. The Kier molecular flexibility index (Phi) is 5.67. The summed E-state index contributed by atoms with van der Waals surface area (Å²) in [5.41, 5.74) is 6.16. The molecule has 5 nitrogen and oxygen atoms in total. The maximum atomic E-state index is 11.5. The Hall–Kier alpha value is -1.53. The van der Waals surface area contributed by atoms with Gasteiger partial charge in [-0.25, -0.2) is 13.1 Å². The minimum absolute atomic E-state index is 0.0671. The summed E-state index contributed by atoms with van der Waals surface area (Å²) in [7, 11) is -3.30. The molecule has 18 heavy (non-hydrogen) atoms. The van der Waals surface area contributed by atoms with Crippen LogP contribution in [0.2, 0.25) is 0 Å². The normalized spacial score (nSPS) is 11.1. The number of benzene rings is 1. The van der Waals surface area contributed by atoms with Crippen LogP contribution in [-0.2, 0) is 10.0 Å². The molecule has 0 saturated carbocycles. The van der Waals surface area contributed by atoms with Crippen LogP contribution < -0.4 is 15.2 Å². The van der Waals surface area contributed by atoms with E-state index in [0.717, 1.165) is 0 Å². The molecule has 0 unspecified atom stereocenters. The second-order valence-electron chi connectivity index (χ2n) is 3.68. The molecule has 0 atom stereocenters. The van der Waals surface area contributed by atoms with Gasteiger partial charge in [-0.05, 0) is 18.6 Å². The number of nitrogens with two attached hydrogens (primary N) is 1. The largest absolute Gasteiger partial charge is 0.490 e. The topological polar surface area (TPSA) is 81.4 Å². The molecule has 0 aliphatic carbocycles. The van der Waals surface area contributed by atoms with Crippen molar-refractivity contribution in [3.05, 3.63) is 36.9 Å². The van der Waals surface area contributed by atoms with Gasteiger partial charge in [0, 0.05) is 6.54 Å². The fraction of sp³-hybridized carbons (Fsp3) is 0.333. The quantitative estimate of drug-likeness (QED) is 0.422. The lowest BCUT2D eigenvalue weighted by atomic mass is 10.3. The van der Waals surface area contributed by atoms with Gasteiger partial charge < -0.3 is 10.5 Å². The minimum Gasteiger partial charge on any atom is -0.490 e. The second-order valence-corrected chi connectivity index (χ2v) is 5.60. The molecule has 0 heterocycles. The molecule has 1 rings (SSSR count). The molecule has 1 aromatic rings. The van der Waals surface area contributed by atoms with Gasteiger partial charge in [0.05, 0.1) is 11.4 Å². The van der Waals surface area contributed by atoms with E-state index in [4.69, 9.17) is 10.5 Å². The Labute approximate surface area is 108 Å². The maximum absolute atomic E-state index is 11.5. The van der Waals surface area contributed by atoms with E-state index in [1.54, 1.807) is 30.3 Å². The molecule has 0 amide bonds. The van der Waals surface area contributed by atoms with Crippen LogP contribution in [0.15, 0.2) is 36.9 Å². The first-order chi connectivity index (χ1) is 8.55. The highest BCUT2D eigenvalue weighted by atomic mass is 32.2. The van der Waals surface area contributed by atoms with Crippen molar-refractivity contribution in [3.63, 3.8) is 0 Å². The molecule has 6 heteroatoms. The number of anilines is 1. The highest BCUT2D eigenvalue weighted by Gasteiger charge is 2.09. The van der Waals surface area contributed by atoms with Crippen LogP contribution in [-0.4, -0.2) is 27.3 Å². The summed E-state index contributed by atoms with van der Waals surface area (Å²) in [5, 5.41) is 0. The molecule has 0 spiro atoms. The lowest BCUT2D eigenvalue weighted by Gasteiger charge is -2.09. The van der Waals surface area contributed by atoms with Gasteiger partial charge in [-0.3, -0.25) is 0 Å². The van der Waals surface area contributed by atoms with Crippen molar-refractivity contribution in [3.8, 4) is 5.75 Å². The molecule has 100 valence electrons. The van der Waals surface area contributed by atoms with Crippen molar-refractivity contribution in [1.82, 2.24) is 4.72 Å². The third-order valence-corrected chi connectivity index (χ3v) is 3.55. The third kappa shape index (κ3) is 5.20. The zero-order valence-electron chi connectivity index (χ0n) is 10.1. The third-order valence-electron chi connectivity index (χ3n) is 2.20. The van der Waals surface area contributed by atoms with E-state index in [9.17, 15) is 8.42 Å². The fourth-order valence-corrected chi connectivity index (χ4v) is 2.14. The number of hydrogen-bond acceptors (Lipinski definition) is 4. The van der Waals surface area contributed by atoms with E-state index in [1.807, 2.05) is 0 Å². The van der Waals surface area contributed by atoms with Crippen LogP contribution in [0.3, 0.4) is 0 Å². The molecule has 1 aromatic carbocycles. The predicted molar refractivity (Wildman–Crippen MR) is 73.0 cm³/mol. The molecular weight excluding hydrogens is 252 g/mol. The number of rotatable bonds is 8. The summed E-state index contributed by atoms with van der Waals surface area (Å²) < 4.78 is 30.8. The van der Waals surface area contributed by atoms with Crippen molar-refractivity contribution in [1.29, 1.82) is 0 Å². The summed E-state index contributed by atoms with van der Waals surface area (Å²) in [6.45, 7) is 3.95. The lowest BCUT2D eigenvalue weighted by molar-refractivity contribution is 0.342. The Bertz CT molecular complexity index is 486. The Balaban J connectivity index is 2.37. The molecule has 0 aromatic heterocycles. The zero-order chi connectivity index (χ0) is 13.4. The average molecular weight is 270 g/mol. The van der Waals surface area contributed by atoms with Crippen LogP contribution in [0.1, 0.15) is 6.42 Å². The highest BCUT2D eigenvalue weighted by molar-refractivity contribution is 7.89. The molecule has 0 bridgehead atoms. The lowest BCUT2D eigenvalue weighted by Crippen LogP contribution is -2.29. The van der Waals surface area contributed by atoms with Crippen molar-refractivity contribution in [2.24, 2.45) is 0 Å². The van der Waals surface area contributed by atoms with E-state index in [1.165, 1.54) is 0 Å². The molecule has 0 saturated heterocycles. The Morgan fingerprint density at radius 1 is 1.39 bits per heavy atom. The highest BCUT2D eigenvalue weighted by Crippen LogP contribution is 2.19. The first kappa shape index (κ1) is 14.5. The smallest absolute Gasteiger partial charge is 0.214 e. The van der Waals surface area contributed by atoms with Crippen molar-refractivity contribution < 1.29 is 13.2 Å². The second kappa shape index (κ2) is 7.03. The van der Waals surface area contributed by atoms with E-state index in [0.29, 0.717) is 24.4 Å². The number of nitrogen functional groups attached to an aromatic ring is 1. The first-order valence-corrected chi connectivity index (χ1v) is 7.26. The van der Waals surface area contributed by atoms with Crippen molar-refractivity contribution in [2.45, 2.75) is 6.42 Å². The molecule has 0 fully saturated rings. The molecule has 0 radical (unpaired) electrons. The standard InChI is InChI=1S/C12H18N2O3S/c1-2-3-8-14-18(15,16)10-9-17-12-7-5-4-6-11(12)13/h2,4-7,14H,1,3,8-10,13H2. The SMILES string of the molecule is C=CCCNS(=O)(=O)CCOc1ccccc1N. The number of hydrogen-bond donors (Lipinski definition) is 2. The Morgan fingerprint density at radius 2 is 2.11 bits per heavy atom. The fourth-order valence-electron chi connectivity index (χ4n) is 1.26. The van der Waals surface area contributed by atoms with Crippen molar-refractivity contribution >= 4 is 15.7 Å². The van der Waals surface area contributed by atoms with Gasteiger partial charge in [0.25, 0.3) is 0 Å². The molecule has 3 N–H and O–H groups in total. The van der Waals surface area contributed by atoms with E-state index in [2.05, 4.69) is 11.3 Å². The molecular formula is C12H18N2O3S. The van der Waals surface area contributed by atoms with Gasteiger partial charge in [0.2, 0.25) is 10.0 Å². The van der Waals surface area contributed by atoms with Gasteiger partial charge in [-0.15, -0.1) is 6.58 Å². The van der Waals surface area contributed by atoms with Crippen LogP contribution in [0.4, 0.5) is 5.69 Å². The maximum Gasteiger partial charge on any atom is 0.214 e. The summed E-state index contributed by atoms with van der Waals surface area (Å²) in [5.74, 6) is 0.400. The van der Waals surface area contributed by atoms with Gasteiger partial charge in [0.15, 0.2) is 0 Å². The van der Waals surface area contributed by atoms with Gasteiger partial charge in [-0.1, -0.05) is 18.2 Å². The summed E-state index contributed by atoms with van der Waals surface area (Å²) in [6.07, 6.45) is 2.26. The van der Waals surface area contributed by atoms with E-state index in [-0.39, 0.29) is 12.4 Å². The van der Waals surface area contributed by atoms with Crippen LogP contribution in [0.5, 0.6) is 5.75 Å². The average Bonchev–Trinajstić information content (AvgIpc) is 2.32. The minimum atomic E-state index is -3.30. The monoisotopic (exact) mass is 270 g/mol. The van der Waals surface area contributed by atoms with Crippen LogP contribution in [0.25, 0.3) is 0 Å². The molecule has 0 aliphatic rings. The van der Waals surface area contributed by atoms with E-state index < -0.39 is 10.0 Å². The summed E-state index contributed by atoms with van der Waals surface area (Å²) in [4.78, 5) is 0. The van der Waals surface area contributed by atoms with Crippen molar-refractivity contribution in [2.75, 3.05) is 24.6 Å². The molecule has 0 aliphatic heterocycles. The zero-order valence-corrected chi connectivity index (χ0v) is 10.9. The Morgan fingerprint density at radius 3 is 2.78 bits per heavy atom. The predicted octanol–water partition coefficient (Wildman–Crippen LogP) is 1.14. The first-order valence-electron chi connectivity index (χ1n) is 5.61. The number of ether oxygens (including phenoxy) is 1. The number of sulfonamides is 1. The summed E-state index contributed by atoms with van der Waals surface area (Å²) in [6, 6.07) is 6.97. The summed E-state index contributed by atoms with van der Waals surface area (Å²) >= 11 is 0. The van der Waals surface area contributed by atoms with Crippen LogP contribution >= 0.6 is 0 Å². The van der Waals surface area contributed by atoms with E-state index >= 15 is 0 Å². The van der Waals surface area contributed by atoms with Gasteiger partial charge in [-0.2, -0.15) is 0 Å². The van der Waals surface area contributed by atoms with Crippen LogP contribution in [0, 0.1) is 0 Å². The van der Waals surface area contributed by atoms with Gasteiger partial charge >= 0.3 is 0 Å². The van der Waals surface area contributed by atoms with Gasteiger partial charge in [0.1, 0.15) is 12.4 Å².